The van der Waals surface area contributed by atoms with Gasteiger partial charge in [0.1, 0.15) is 12.6 Å². The SMILES string of the molecule is CC[C@@H](C(=O)NC(C)(C)C)N(Cc1ccccc1C)C(=O)CN(c1cccc(Cl)c1C)S(=O)(=O)c1ccccc1. The van der Waals surface area contributed by atoms with E-state index in [1.165, 1.54) is 17.0 Å². The van der Waals surface area contributed by atoms with Crippen LogP contribution in [0.15, 0.2) is 77.7 Å². The van der Waals surface area contributed by atoms with Crippen molar-refractivity contribution in [2.45, 2.75) is 71.0 Å². The van der Waals surface area contributed by atoms with Crippen molar-refractivity contribution >= 4 is 39.1 Å². The number of aryl methyl sites for hydroxylation is 1. The molecular formula is C31H38ClN3O4S. The van der Waals surface area contributed by atoms with Crippen LogP contribution in [0.25, 0.3) is 0 Å². The molecule has 214 valence electrons. The highest BCUT2D eigenvalue weighted by Gasteiger charge is 2.35. The molecule has 2 amide bonds. The number of sulfonamides is 1. The molecule has 3 aromatic carbocycles. The Morgan fingerprint density at radius 3 is 2.15 bits per heavy atom. The second-order valence-electron chi connectivity index (χ2n) is 10.8. The molecule has 0 aliphatic heterocycles. The summed E-state index contributed by atoms with van der Waals surface area (Å²) >= 11 is 6.38. The summed E-state index contributed by atoms with van der Waals surface area (Å²) < 4.78 is 29.0. The van der Waals surface area contributed by atoms with Gasteiger partial charge in [0, 0.05) is 17.1 Å². The Kier molecular flexibility index (Phi) is 10.0. The van der Waals surface area contributed by atoms with Gasteiger partial charge in [-0.3, -0.25) is 13.9 Å². The van der Waals surface area contributed by atoms with Crippen molar-refractivity contribution in [2.75, 3.05) is 10.8 Å². The number of nitrogens with zero attached hydrogens (tertiary/aromatic N) is 2. The number of hydrogen-bond acceptors (Lipinski definition) is 4. The molecule has 1 atom stereocenters. The van der Waals surface area contributed by atoms with E-state index in [0.29, 0.717) is 22.7 Å². The van der Waals surface area contributed by atoms with Crippen LogP contribution in [0.3, 0.4) is 0 Å². The molecule has 3 rings (SSSR count). The van der Waals surface area contributed by atoms with Gasteiger partial charge < -0.3 is 10.2 Å². The molecule has 0 unspecified atom stereocenters. The molecule has 0 aliphatic carbocycles. The summed E-state index contributed by atoms with van der Waals surface area (Å²) in [5, 5.41) is 3.36. The predicted molar refractivity (Wildman–Crippen MR) is 161 cm³/mol. The Morgan fingerprint density at radius 1 is 0.925 bits per heavy atom. The average Bonchev–Trinajstić information content (AvgIpc) is 2.89. The molecule has 0 aliphatic rings. The van der Waals surface area contributed by atoms with Gasteiger partial charge in [0.15, 0.2) is 0 Å². The second kappa shape index (κ2) is 12.9. The molecule has 0 heterocycles. The Balaban J connectivity index is 2.12. The van der Waals surface area contributed by atoms with Crippen molar-refractivity contribution in [1.29, 1.82) is 0 Å². The zero-order valence-electron chi connectivity index (χ0n) is 23.9. The van der Waals surface area contributed by atoms with Crippen molar-refractivity contribution in [3.63, 3.8) is 0 Å². The largest absolute Gasteiger partial charge is 0.350 e. The van der Waals surface area contributed by atoms with E-state index < -0.39 is 34.1 Å². The highest BCUT2D eigenvalue weighted by molar-refractivity contribution is 7.92. The molecule has 0 radical (unpaired) electrons. The van der Waals surface area contributed by atoms with Gasteiger partial charge >= 0.3 is 0 Å². The summed E-state index contributed by atoms with van der Waals surface area (Å²) in [6.07, 6.45) is 0.348. The number of anilines is 1. The van der Waals surface area contributed by atoms with Gasteiger partial charge in [-0.2, -0.15) is 0 Å². The average molecular weight is 584 g/mol. The normalized spacial score (nSPS) is 12.5. The summed E-state index contributed by atoms with van der Waals surface area (Å²) in [7, 11) is -4.16. The Hall–Kier alpha value is -3.36. The first-order chi connectivity index (χ1) is 18.8. The van der Waals surface area contributed by atoms with Crippen LogP contribution in [0, 0.1) is 13.8 Å². The third-order valence-corrected chi connectivity index (χ3v) is 8.79. The van der Waals surface area contributed by atoms with Crippen molar-refractivity contribution in [1.82, 2.24) is 10.2 Å². The summed E-state index contributed by atoms with van der Waals surface area (Å²) in [5.41, 5.74) is 2.15. The first-order valence-electron chi connectivity index (χ1n) is 13.2. The zero-order chi connectivity index (χ0) is 29.7. The number of hydrogen-bond donors (Lipinski definition) is 1. The lowest BCUT2D eigenvalue weighted by Crippen LogP contribution is -2.55. The summed E-state index contributed by atoms with van der Waals surface area (Å²) in [6, 6.07) is 19.7. The van der Waals surface area contributed by atoms with Crippen molar-refractivity contribution in [2.24, 2.45) is 0 Å². The van der Waals surface area contributed by atoms with Gasteiger partial charge in [-0.05, 0) is 82.0 Å². The molecule has 0 saturated carbocycles. The molecule has 0 spiro atoms. The summed E-state index contributed by atoms with van der Waals surface area (Å²) in [4.78, 5) is 29.2. The smallest absolute Gasteiger partial charge is 0.264 e. The monoisotopic (exact) mass is 583 g/mol. The van der Waals surface area contributed by atoms with E-state index in [9.17, 15) is 18.0 Å². The van der Waals surface area contributed by atoms with E-state index in [-0.39, 0.29) is 17.3 Å². The maximum atomic E-state index is 14.2. The van der Waals surface area contributed by atoms with E-state index in [1.807, 2.05) is 58.9 Å². The van der Waals surface area contributed by atoms with Crippen molar-refractivity contribution in [3.8, 4) is 0 Å². The van der Waals surface area contributed by atoms with E-state index in [2.05, 4.69) is 5.32 Å². The molecule has 9 heteroatoms. The molecular weight excluding hydrogens is 546 g/mol. The first-order valence-corrected chi connectivity index (χ1v) is 15.1. The van der Waals surface area contributed by atoms with E-state index in [4.69, 9.17) is 11.6 Å². The molecule has 7 nitrogen and oxygen atoms in total. The van der Waals surface area contributed by atoms with Crippen LogP contribution in [0.1, 0.15) is 50.8 Å². The van der Waals surface area contributed by atoms with Gasteiger partial charge in [0.2, 0.25) is 11.8 Å². The maximum absolute atomic E-state index is 14.2. The van der Waals surface area contributed by atoms with Crippen LogP contribution < -0.4 is 9.62 Å². The molecule has 1 N–H and O–H groups in total. The number of carbonyl (C=O) groups excluding carboxylic acids is 2. The number of amides is 2. The van der Waals surface area contributed by atoms with Gasteiger partial charge in [-0.1, -0.05) is 67.1 Å². The molecule has 0 aromatic heterocycles. The number of halogens is 1. The fraction of sp³-hybridized carbons (Fsp3) is 0.355. The van der Waals surface area contributed by atoms with E-state index in [1.54, 1.807) is 43.3 Å². The third kappa shape index (κ3) is 7.43. The van der Waals surface area contributed by atoms with Crippen LogP contribution in [0.4, 0.5) is 5.69 Å². The second-order valence-corrected chi connectivity index (χ2v) is 13.1. The lowest BCUT2D eigenvalue weighted by atomic mass is 10.0. The standard InChI is InChI=1S/C31H38ClN3O4S/c1-7-27(30(37)33-31(4,5)6)34(20-24-15-12-11-14-22(24)2)29(36)21-35(28-19-13-18-26(32)23(28)3)40(38,39)25-16-9-8-10-17-25/h8-19,27H,7,20-21H2,1-6H3,(H,33,37)/t27-/m0/s1. The first kappa shape index (κ1) is 31.2. The number of nitrogens with one attached hydrogen (secondary N) is 1. The van der Waals surface area contributed by atoms with Crippen molar-refractivity contribution in [3.05, 3.63) is 94.5 Å². The zero-order valence-corrected chi connectivity index (χ0v) is 25.5. The van der Waals surface area contributed by atoms with Crippen molar-refractivity contribution < 1.29 is 18.0 Å². The quantitative estimate of drug-likeness (QED) is 0.323. The minimum Gasteiger partial charge on any atom is -0.350 e. The molecule has 0 fully saturated rings. The molecule has 0 bridgehead atoms. The maximum Gasteiger partial charge on any atom is 0.264 e. The topological polar surface area (TPSA) is 86.8 Å². The highest BCUT2D eigenvalue weighted by atomic mass is 35.5. The Labute approximate surface area is 243 Å². The van der Waals surface area contributed by atoms with Gasteiger partial charge in [0.25, 0.3) is 10.0 Å². The minimum atomic E-state index is -4.16. The predicted octanol–water partition coefficient (Wildman–Crippen LogP) is 5.87. The van der Waals surface area contributed by atoms with Gasteiger partial charge in [0.05, 0.1) is 10.6 Å². The van der Waals surface area contributed by atoms with Gasteiger partial charge in [-0.25, -0.2) is 8.42 Å². The number of benzene rings is 3. The Bertz CT molecular complexity index is 1450. The molecule has 3 aromatic rings. The van der Waals surface area contributed by atoms with Gasteiger partial charge in [-0.15, -0.1) is 0 Å². The lowest BCUT2D eigenvalue weighted by Gasteiger charge is -2.35. The van der Waals surface area contributed by atoms with Crippen LogP contribution in [-0.4, -0.2) is 43.3 Å². The summed E-state index contributed by atoms with van der Waals surface area (Å²) in [5.74, 6) is -0.800. The van der Waals surface area contributed by atoms with Crippen LogP contribution >= 0.6 is 11.6 Å². The summed E-state index contributed by atoms with van der Waals surface area (Å²) in [6.45, 7) is 10.8. The Morgan fingerprint density at radius 2 is 1.55 bits per heavy atom. The highest BCUT2D eigenvalue weighted by Crippen LogP contribution is 2.31. The van der Waals surface area contributed by atoms with Crippen LogP contribution in [-0.2, 0) is 26.2 Å². The molecule has 0 saturated heterocycles. The fourth-order valence-electron chi connectivity index (χ4n) is 4.44. The van der Waals surface area contributed by atoms with Crippen LogP contribution in [0.5, 0.6) is 0 Å². The van der Waals surface area contributed by atoms with Crippen LogP contribution in [0.2, 0.25) is 5.02 Å². The molecule has 40 heavy (non-hydrogen) atoms. The third-order valence-electron chi connectivity index (χ3n) is 6.60. The number of rotatable bonds is 10. The van der Waals surface area contributed by atoms with E-state index >= 15 is 0 Å². The lowest BCUT2D eigenvalue weighted by molar-refractivity contribution is -0.141. The minimum absolute atomic E-state index is 0.0464. The fourth-order valence-corrected chi connectivity index (χ4v) is 6.10. The van der Waals surface area contributed by atoms with E-state index in [0.717, 1.165) is 15.4 Å². The number of carbonyl (C=O) groups is 2.